The molecule has 0 unspecified atom stereocenters. The number of ether oxygens (including phenoxy) is 4. The number of amides is 1. The summed E-state index contributed by atoms with van der Waals surface area (Å²) in [6, 6.07) is 0. The van der Waals surface area contributed by atoms with Crippen molar-refractivity contribution in [3.05, 3.63) is 38.0 Å². The SMILES string of the molecule is C=CC(=O)OCC(CO)(COC(=O)C=C)COC(=O)C=C.CCOC(N)=O. The number of primary amides is 1. The molecule has 10 nitrogen and oxygen atoms in total. The predicted octanol–water partition coefficient (Wildman–Crippen LogP) is 0.254. The zero-order chi connectivity index (χ0) is 21.3. The minimum atomic E-state index is -1.28. The predicted molar refractivity (Wildman–Crippen MR) is 94.2 cm³/mol. The molecule has 0 aromatic heterocycles. The van der Waals surface area contributed by atoms with Gasteiger partial charge in [0.2, 0.25) is 0 Å². The number of aliphatic hydroxyl groups excluding tert-OH is 1. The van der Waals surface area contributed by atoms with Crippen molar-refractivity contribution in [2.24, 2.45) is 11.1 Å². The Labute approximate surface area is 157 Å². The van der Waals surface area contributed by atoms with Gasteiger partial charge >= 0.3 is 24.0 Å². The van der Waals surface area contributed by atoms with Crippen molar-refractivity contribution in [2.75, 3.05) is 33.0 Å². The van der Waals surface area contributed by atoms with E-state index in [0.29, 0.717) is 6.61 Å². The Hall–Kier alpha value is -3.14. The molecule has 0 aromatic rings. The van der Waals surface area contributed by atoms with Crippen molar-refractivity contribution in [3.63, 3.8) is 0 Å². The molecule has 0 saturated heterocycles. The molecule has 0 aliphatic rings. The highest BCUT2D eigenvalue weighted by Crippen LogP contribution is 2.19. The van der Waals surface area contributed by atoms with Gasteiger partial charge in [-0.25, -0.2) is 19.2 Å². The largest absolute Gasteiger partial charge is 0.462 e. The summed E-state index contributed by atoms with van der Waals surface area (Å²) in [5, 5.41) is 9.48. The fourth-order valence-electron chi connectivity index (χ4n) is 1.25. The van der Waals surface area contributed by atoms with Crippen molar-refractivity contribution in [1.82, 2.24) is 0 Å². The van der Waals surface area contributed by atoms with E-state index in [9.17, 15) is 24.3 Å². The number of rotatable bonds is 11. The summed E-state index contributed by atoms with van der Waals surface area (Å²) < 4.78 is 18.7. The van der Waals surface area contributed by atoms with Gasteiger partial charge in [0.05, 0.1) is 18.6 Å². The lowest BCUT2D eigenvalue weighted by atomic mass is 9.92. The lowest BCUT2D eigenvalue weighted by molar-refractivity contribution is -0.159. The first-order valence-corrected chi connectivity index (χ1v) is 7.60. The van der Waals surface area contributed by atoms with E-state index in [1.54, 1.807) is 6.92 Å². The van der Waals surface area contributed by atoms with Crippen LogP contribution in [0.25, 0.3) is 0 Å². The number of aliphatic hydroxyl groups is 1. The topological polar surface area (TPSA) is 151 Å². The summed E-state index contributed by atoms with van der Waals surface area (Å²) in [4.78, 5) is 42.9. The van der Waals surface area contributed by atoms with E-state index < -0.39 is 36.0 Å². The molecule has 27 heavy (non-hydrogen) atoms. The average molecular weight is 387 g/mol. The van der Waals surface area contributed by atoms with Gasteiger partial charge in [-0.2, -0.15) is 0 Å². The lowest BCUT2D eigenvalue weighted by Crippen LogP contribution is -2.42. The Kier molecular flexibility index (Phi) is 14.6. The van der Waals surface area contributed by atoms with Gasteiger partial charge in [0.15, 0.2) is 0 Å². The fraction of sp³-hybridized carbons (Fsp3) is 0.412. The van der Waals surface area contributed by atoms with E-state index in [1.165, 1.54) is 0 Å². The van der Waals surface area contributed by atoms with E-state index in [4.69, 9.17) is 14.2 Å². The Morgan fingerprint density at radius 2 is 1.19 bits per heavy atom. The molecular formula is C17H25NO9. The van der Waals surface area contributed by atoms with Crippen LogP contribution in [0.1, 0.15) is 6.92 Å². The monoisotopic (exact) mass is 387 g/mol. The molecule has 10 heteroatoms. The summed E-state index contributed by atoms with van der Waals surface area (Å²) in [5.41, 5.74) is 3.26. The third kappa shape index (κ3) is 13.8. The molecule has 0 fully saturated rings. The standard InChI is InChI=1S/C14H18O7.C3H7NO2/c1-4-11(16)19-8-14(7-15,9-20-12(17)5-2)10-21-13(18)6-3;1-2-6-3(4)5/h4-6,15H,1-3,7-10H2;2H2,1H3,(H2,4,5). The average Bonchev–Trinajstić information content (AvgIpc) is 2.67. The maximum Gasteiger partial charge on any atom is 0.404 e. The Balaban J connectivity index is 0. The number of carbonyl (C=O) groups excluding carboxylic acids is 4. The maximum atomic E-state index is 11.1. The van der Waals surface area contributed by atoms with Gasteiger partial charge in [-0.05, 0) is 6.92 Å². The second-order valence-corrected chi connectivity index (χ2v) is 4.85. The Morgan fingerprint density at radius 3 is 1.33 bits per heavy atom. The van der Waals surface area contributed by atoms with Crippen molar-refractivity contribution in [1.29, 1.82) is 0 Å². The van der Waals surface area contributed by atoms with Crippen LogP contribution in [-0.2, 0) is 33.3 Å². The molecule has 0 aliphatic heterocycles. The Morgan fingerprint density at radius 1 is 0.852 bits per heavy atom. The molecule has 152 valence electrons. The minimum Gasteiger partial charge on any atom is -0.462 e. The van der Waals surface area contributed by atoms with Crippen LogP contribution in [0.5, 0.6) is 0 Å². The van der Waals surface area contributed by atoms with Gasteiger partial charge in [0.1, 0.15) is 19.8 Å². The molecule has 3 N–H and O–H groups in total. The molecule has 0 spiro atoms. The van der Waals surface area contributed by atoms with Gasteiger partial charge in [-0.1, -0.05) is 19.7 Å². The normalized spacial score (nSPS) is 9.56. The zero-order valence-electron chi connectivity index (χ0n) is 15.2. The maximum absolute atomic E-state index is 11.1. The van der Waals surface area contributed by atoms with Gasteiger partial charge in [0, 0.05) is 18.2 Å². The van der Waals surface area contributed by atoms with Gasteiger partial charge in [0.25, 0.3) is 0 Å². The third-order valence-corrected chi connectivity index (χ3v) is 2.68. The summed E-state index contributed by atoms with van der Waals surface area (Å²) in [6.07, 6.45) is 2.10. The molecule has 0 radical (unpaired) electrons. The number of nitrogens with two attached hydrogens (primary N) is 1. The van der Waals surface area contributed by atoms with Crippen LogP contribution in [-0.4, -0.2) is 62.1 Å². The number of hydrogen-bond acceptors (Lipinski definition) is 9. The number of carbonyl (C=O) groups is 4. The number of hydrogen-bond donors (Lipinski definition) is 2. The van der Waals surface area contributed by atoms with Crippen LogP contribution in [0.4, 0.5) is 4.79 Å². The first kappa shape index (κ1) is 26.1. The smallest absolute Gasteiger partial charge is 0.404 e. The van der Waals surface area contributed by atoms with E-state index >= 15 is 0 Å². The van der Waals surface area contributed by atoms with Crippen molar-refractivity contribution >= 4 is 24.0 Å². The van der Waals surface area contributed by atoms with E-state index in [2.05, 4.69) is 30.2 Å². The van der Waals surface area contributed by atoms with Gasteiger partial charge < -0.3 is 29.8 Å². The van der Waals surface area contributed by atoms with Crippen molar-refractivity contribution in [2.45, 2.75) is 6.92 Å². The Bertz CT molecular complexity index is 483. The van der Waals surface area contributed by atoms with E-state index in [1.807, 2.05) is 0 Å². The molecule has 0 aromatic carbocycles. The van der Waals surface area contributed by atoms with Gasteiger partial charge in [-0.15, -0.1) is 0 Å². The second kappa shape index (κ2) is 15.1. The summed E-state index contributed by atoms with van der Waals surface area (Å²) in [7, 11) is 0. The molecule has 0 rings (SSSR count). The van der Waals surface area contributed by atoms with Crippen LogP contribution in [0.15, 0.2) is 38.0 Å². The number of esters is 3. The quantitative estimate of drug-likeness (QED) is 0.289. The molecule has 0 atom stereocenters. The molecular weight excluding hydrogens is 362 g/mol. The third-order valence-electron chi connectivity index (χ3n) is 2.68. The zero-order valence-corrected chi connectivity index (χ0v) is 15.2. The van der Waals surface area contributed by atoms with Crippen LogP contribution >= 0.6 is 0 Å². The molecule has 0 saturated carbocycles. The van der Waals surface area contributed by atoms with Crippen LogP contribution in [0, 0.1) is 5.41 Å². The molecule has 1 amide bonds. The van der Waals surface area contributed by atoms with Crippen LogP contribution in [0.2, 0.25) is 0 Å². The highest BCUT2D eigenvalue weighted by molar-refractivity contribution is 5.82. The first-order chi connectivity index (χ1) is 12.7. The molecule has 0 aliphatic carbocycles. The molecule has 0 heterocycles. The highest BCUT2D eigenvalue weighted by atomic mass is 16.6. The molecule has 0 bridgehead atoms. The van der Waals surface area contributed by atoms with Crippen molar-refractivity contribution in [3.8, 4) is 0 Å². The van der Waals surface area contributed by atoms with Crippen LogP contribution in [0.3, 0.4) is 0 Å². The lowest BCUT2D eigenvalue weighted by Gasteiger charge is -2.29. The van der Waals surface area contributed by atoms with Crippen LogP contribution < -0.4 is 5.73 Å². The highest BCUT2D eigenvalue weighted by Gasteiger charge is 2.35. The first-order valence-electron chi connectivity index (χ1n) is 7.60. The van der Waals surface area contributed by atoms with Gasteiger partial charge in [-0.3, -0.25) is 0 Å². The van der Waals surface area contributed by atoms with E-state index in [0.717, 1.165) is 18.2 Å². The summed E-state index contributed by atoms with van der Waals surface area (Å²) in [6.45, 7) is 10.2. The van der Waals surface area contributed by atoms with Crippen molar-refractivity contribution < 1.29 is 43.2 Å². The summed E-state index contributed by atoms with van der Waals surface area (Å²) >= 11 is 0. The van der Waals surface area contributed by atoms with E-state index in [-0.39, 0.29) is 19.8 Å². The summed E-state index contributed by atoms with van der Waals surface area (Å²) in [5.74, 6) is -2.17. The second-order valence-electron chi connectivity index (χ2n) is 4.85. The fourth-order valence-corrected chi connectivity index (χ4v) is 1.25. The minimum absolute atomic E-state index is 0.330.